The summed E-state index contributed by atoms with van der Waals surface area (Å²) < 4.78 is 10.7. The Balaban J connectivity index is 1.82. The van der Waals surface area contributed by atoms with Crippen molar-refractivity contribution in [3.05, 3.63) is 18.2 Å². The highest BCUT2D eigenvalue weighted by atomic mass is 16.5. The van der Waals surface area contributed by atoms with Gasteiger partial charge in [-0.1, -0.05) is 0 Å². The van der Waals surface area contributed by atoms with Crippen LogP contribution in [0.1, 0.15) is 12.8 Å². The lowest BCUT2D eigenvalue weighted by molar-refractivity contribution is -0.124. The third kappa shape index (κ3) is 3.21. The van der Waals surface area contributed by atoms with E-state index in [1.165, 1.54) is 0 Å². The molecule has 0 bridgehead atoms. The SMILES string of the molecule is COc1cc(N)cc(N2CCOCC2C(=O)NC2CC2)c1. The van der Waals surface area contributed by atoms with Crippen LogP contribution in [0.4, 0.5) is 11.4 Å². The number of amides is 1. The van der Waals surface area contributed by atoms with Gasteiger partial charge < -0.3 is 25.4 Å². The predicted octanol–water partition coefficient (Wildman–Crippen LogP) is 0.761. The topological polar surface area (TPSA) is 76.8 Å². The summed E-state index contributed by atoms with van der Waals surface area (Å²) in [5.74, 6) is 0.719. The summed E-state index contributed by atoms with van der Waals surface area (Å²) in [6.07, 6.45) is 2.15. The number of nitrogen functional groups attached to an aromatic ring is 1. The number of nitrogens with two attached hydrogens (primary N) is 1. The summed E-state index contributed by atoms with van der Waals surface area (Å²) >= 11 is 0. The van der Waals surface area contributed by atoms with Gasteiger partial charge >= 0.3 is 0 Å². The first kappa shape index (κ1) is 14.0. The smallest absolute Gasteiger partial charge is 0.245 e. The molecular formula is C15H21N3O3. The molecule has 6 heteroatoms. The van der Waals surface area contributed by atoms with E-state index in [1.54, 1.807) is 13.2 Å². The Bertz CT molecular complexity index is 531. The summed E-state index contributed by atoms with van der Waals surface area (Å²) in [6.45, 7) is 1.66. The fourth-order valence-corrected chi connectivity index (χ4v) is 2.54. The van der Waals surface area contributed by atoms with E-state index in [1.807, 2.05) is 17.0 Å². The highest BCUT2D eigenvalue weighted by Gasteiger charge is 2.33. The molecule has 1 aromatic carbocycles. The van der Waals surface area contributed by atoms with Gasteiger partial charge in [-0.2, -0.15) is 0 Å². The van der Waals surface area contributed by atoms with E-state index >= 15 is 0 Å². The van der Waals surface area contributed by atoms with Crippen molar-refractivity contribution in [2.75, 3.05) is 37.5 Å². The number of hydrogen-bond acceptors (Lipinski definition) is 5. The van der Waals surface area contributed by atoms with Gasteiger partial charge in [0.2, 0.25) is 5.91 Å². The van der Waals surface area contributed by atoms with E-state index in [9.17, 15) is 4.79 Å². The minimum atomic E-state index is -0.314. The molecule has 1 aliphatic carbocycles. The van der Waals surface area contributed by atoms with Crippen molar-refractivity contribution in [1.29, 1.82) is 0 Å². The van der Waals surface area contributed by atoms with Crippen molar-refractivity contribution in [1.82, 2.24) is 5.32 Å². The quantitative estimate of drug-likeness (QED) is 0.801. The van der Waals surface area contributed by atoms with Crippen LogP contribution in [-0.4, -0.2) is 44.9 Å². The maximum atomic E-state index is 12.4. The maximum Gasteiger partial charge on any atom is 0.245 e. The van der Waals surface area contributed by atoms with Gasteiger partial charge in [-0.05, 0) is 18.9 Å². The normalized spacial score (nSPS) is 22.0. The summed E-state index contributed by atoms with van der Waals surface area (Å²) in [6, 6.07) is 5.57. The molecule has 1 atom stereocenters. The Kier molecular flexibility index (Phi) is 3.88. The molecule has 1 aromatic rings. The van der Waals surface area contributed by atoms with Gasteiger partial charge in [-0.3, -0.25) is 4.79 Å². The Morgan fingerprint density at radius 3 is 2.95 bits per heavy atom. The molecule has 1 heterocycles. The molecule has 1 amide bonds. The lowest BCUT2D eigenvalue weighted by Gasteiger charge is -2.36. The predicted molar refractivity (Wildman–Crippen MR) is 80.5 cm³/mol. The molecule has 6 nitrogen and oxygen atoms in total. The Morgan fingerprint density at radius 1 is 1.43 bits per heavy atom. The van der Waals surface area contributed by atoms with Crippen LogP contribution >= 0.6 is 0 Å². The van der Waals surface area contributed by atoms with Crippen molar-refractivity contribution in [2.45, 2.75) is 24.9 Å². The Hall–Kier alpha value is -1.95. The average Bonchev–Trinajstić information content (AvgIpc) is 3.30. The molecule has 2 aliphatic rings. The van der Waals surface area contributed by atoms with Crippen LogP contribution in [0.15, 0.2) is 18.2 Å². The van der Waals surface area contributed by atoms with Gasteiger partial charge in [0.1, 0.15) is 11.8 Å². The zero-order chi connectivity index (χ0) is 14.8. The van der Waals surface area contributed by atoms with Crippen LogP contribution in [-0.2, 0) is 9.53 Å². The first-order valence-electron chi connectivity index (χ1n) is 7.26. The molecular weight excluding hydrogens is 270 g/mol. The number of nitrogens with one attached hydrogen (secondary N) is 1. The van der Waals surface area contributed by atoms with Crippen molar-refractivity contribution in [2.24, 2.45) is 0 Å². The molecule has 0 aromatic heterocycles. The first-order valence-corrected chi connectivity index (χ1v) is 7.26. The fraction of sp³-hybridized carbons (Fsp3) is 0.533. The molecule has 1 unspecified atom stereocenters. The maximum absolute atomic E-state index is 12.4. The largest absolute Gasteiger partial charge is 0.497 e. The lowest BCUT2D eigenvalue weighted by Crippen LogP contribution is -2.54. The van der Waals surface area contributed by atoms with Gasteiger partial charge in [0.15, 0.2) is 0 Å². The number of rotatable bonds is 4. The summed E-state index contributed by atoms with van der Waals surface area (Å²) in [5.41, 5.74) is 7.43. The molecule has 2 fully saturated rings. The average molecular weight is 291 g/mol. The number of anilines is 2. The van der Waals surface area contributed by atoms with Crippen LogP contribution in [0, 0.1) is 0 Å². The molecule has 114 valence electrons. The van der Waals surface area contributed by atoms with E-state index in [0.29, 0.717) is 37.2 Å². The first-order chi connectivity index (χ1) is 10.2. The highest BCUT2D eigenvalue weighted by molar-refractivity contribution is 5.86. The van der Waals surface area contributed by atoms with Gasteiger partial charge in [0, 0.05) is 36.1 Å². The van der Waals surface area contributed by atoms with Crippen molar-refractivity contribution in [3.63, 3.8) is 0 Å². The molecule has 0 radical (unpaired) electrons. The number of carbonyl (C=O) groups is 1. The second-order valence-electron chi connectivity index (χ2n) is 5.53. The molecule has 1 saturated carbocycles. The number of morpholine rings is 1. The third-order valence-corrected chi connectivity index (χ3v) is 3.84. The minimum Gasteiger partial charge on any atom is -0.497 e. The van der Waals surface area contributed by atoms with E-state index in [-0.39, 0.29) is 11.9 Å². The summed E-state index contributed by atoms with van der Waals surface area (Å²) in [7, 11) is 1.61. The van der Waals surface area contributed by atoms with Crippen molar-refractivity contribution >= 4 is 17.3 Å². The van der Waals surface area contributed by atoms with Crippen molar-refractivity contribution in [3.8, 4) is 5.75 Å². The zero-order valence-electron chi connectivity index (χ0n) is 12.2. The van der Waals surface area contributed by atoms with Crippen LogP contribution in [0.25, 0.3) is 0 Å². The third-order valence-electron chi connectivity index (χ3n) is 3.84. The van der Waals surface area contributed by atoms with Crippen LogP contribution in [0.3, 0.4) is 0 Å². The number of hydrogen-bond donors (Lipinski definition) is 2. The van der Waals surface area contributed by atoms with Gasteiger partial charge in [0.25, 0.3) is 0 Å². The highest BCUT2D eigenvalue weighted by Crippen LogP contribution is 2.28. The molecule has 1 saturated heterocycles. The van der Waals surface area contributed by atoms with Crippen molar-refractivity contribution < 1.29 is 14.3 Å². The fourth-order valence-electron chi connectivity index (χ4n) is 2.54. The summed E-state index contributed by atoms with van der Waals surface area (Å²) in [4.78, 5) is 14.4. The number of nitrogens with zero attached hydrogens (tertiary/aromatic N) is 1. The molecule has 21 heavy (non-hydrogen) atoms. The number of ether oxygens (including phenoxy) is 2. The van der Waals surface area contributed by atoms with E-state index in [4.69, 9.17) is 15.2 Å². The van der Waals surface area contributed by atoms with Crippen LogP contribution in [0.2, 0.25) is 0 Å². The second-order valence-corrected chi connectivity index (χ2v) is 5.53. The van der Waals surface area contributed by atoms with Gasteiger partial charge in [-0.15, -0.1) is 0 Å². The number of benzene rings is 1. The molecule has 0 spiro atoms. The monoisotopic (exact) mass is 291 g/mol. The van der Waals surface area contributed by atoms with E-state index in [2.05, 4.69) is 5.32 Å². The molecule has 1 aliphatic heterocycles. The van der Waals surface area contributed by atoms with Gasteiger partial charge in [-0.25, -0.2) is 0 Å². The Morgan fingerprint density at radius 2 is 2.24 bits per heavy atom. The molecule has 3 N–H and O–H groups in total. The molecule has 3 rings (SSSR count). The lowest BCUT2D eigenvalue weighted by atomic mass is 10.1. The van der Waals surface area contributed by atoms with E-state index < -0.39 is 0 Å². The van der Waals surface area contributed by atoms with Gasteiger partial charge in [0.05, 0.1) is 20.3 Å². The minimum absolute atomic E-state index is 0.0265. The second kappa shape index (κ2) is 5.81. The zero-order valence-corrected chi connectivity index (χ0v) is 12.2. The number of carbonyl (C=O) groups excluding carboxylic acids is 1. The summed E-state index contributed by atoms with van der Waals surface area (Å²) in [5, 5.41) is 3.04. The Labute approximate surface area is 124 Å². The van der Waals surface area contributed by atoms with Crippen LogP contribution < -0.4 is 20.7 Å². The van der Waals surface area contributed by atoms with E-state index in [0.717, 1.165) is 18.5 Å². The van der Waals surface area contributed by atoms with Crippen LogP contribution in [0.5, 0.6) is 5.75 Å². The number of methoxy groups -OCH3 is 1. The standard InChI is InChI=1S/C15H21N3O3/c1-20-13-7-10(16)6-12(8-13)18-4-5-21-9-14(18)15(19)17-11-2-3-11/h6-8,11,14H,2-5,9,16H2,1H3,(H,17,19).